The van der Waals surface area contributed by atoms with Crippen LogP contribution in [0.25, 0.3) is 0 Å². The molecule has 1 aromatic rings. The lowest BCUT2D eigenvalue weighted by Gasteiger charge is -2.12. The van der Waals surface area contributed by atoms with E-state index in [0.29, 0.717) is 0 Å². The van der Waals surface area contributed by atoms with Crippen molar-refractivity contribution in [2.45, 2.75) is 20.3 Å². The van der Waals surface area contributed by atoms with Gasteiger partial charge in [0.15, 0.2) is 0 Å². The monoisotopic (exact) mass is 248 g/mol. The molecular weight excluding hydrogens is 232 g/mol. The molecule has 0 aliphatic carbocycles. The highest BCUT2D eigenvalue weighted by Gasteiger charge is 2.22. The summed E-state index contributed by atoms with van der Waals surface area (Å²) >= 11 is 0. The van der Waals surface area contributed by atoms with Crippen molar-refractivity contribution in [2.75, 3.05) is 0 Å². The van der Waals surface area contributed by atoms with E-state index in [1.54, 1.807) is 38.1 Å². The lowest BCUT2D eigenvalue weighted by Crippen LogP contribution is -2.17. The maximum atomic E-state index is 11.2. The molecule has 0 aliphatic heterocycles. The molecule has 0 atom stereocenters. The molecule has 0 unspecified atom stereocenters. The third-order valence-corrected chi connectivity index (χ3v) is 2.61. The molecule has 2 N–H and O–H groups in total. The lowest BCUT2D eigenvalue weighted by molar-refractivity contribution is -0.136. The quantitative estimate of drug-likeness (QED) is 0.784. The minimum Gasteiger partial charge on any atom is -0.478 e. The molecule has 0 heterocycles. The number of aliphatic carboxylic acids is 2. The zero-order chi connectivity index (χ0) is 13.7. The Hall–Kier alpha value is -2.10. The van der Waals surface area contributed by atoms with E-state index in [1.807, 2.05) is 6.07 Å². The Morgan fingerprint density at radius 3 is 2.00 bits per heavy atom. The van der Waals surface area contributed by atoms with Gasteiger partial charge in [0, 0.05) is 6.42 Å². The van der Waals surface area contributed by atoms with Gasteiger partial charge in [-0.3, -0.25) is 0 Å². The fraction of sp³-hybridized carbons (Fsp3) is 0.286. The van der Waals surface area contributed by atoms with Crippen molar-refractivity contribution in [3.63, 3.8) is 0 Å². The molecule has 4 nitrogen and oxygen atoms in total. The topological polar surface area (TPSA) is 74.6 Å². The van der Waals surface area contributed by atoms with Crippen LogP contribution in [0, 0.1) is 5.92 Å². The molecule has 0 radical (unpaired) electrons. The first-order valence-corrected chi connectivity index (χ1v) is 5.67. The van der Waals surface area contributed by atoms with Crippen LogP contribution in [-0.2, 0) is 16.0 Å². The van der Waals surface area contributed by atoms with E-state index < -0.39 is 11.9 Å². The summed E-state index contributed by atoms with van der Waals surface area (Å²) in [6, 6.07) is 8.98. The minimum absolute atomic E-state index is 0.0358. The third kappa shape index (κ3) is 3.45. The number of hydrogen-bond donors (Lipinski definition) is 2. The first-order chi connectivity index (χ1) is 8.43. The standard InChI is InChI=1S/C14H16O4/c1-9(2)12(14(17)18)11(13(15)16)8-10-6-4-3-5-7-10/h3-7,9H,8H2,1-2H3,(H,15,16)(H,17,18)/b12-11-. The number of carbonyl (C=O) groups is 2. The molecule has 0 aliphatic rings. The highest BCUT2D eigenvalue weighted by Crippen LogP contribution is 2.19. The highest BCUT2D eigenvalue weighted by atomic mass is 16.4. The van der Waals surface area contributed by atoms with E-state index in [4.69, 9.17) is 5.11 Å². The van der Waals surface area contributed by atoms with Gasteiger partial charge in [-0.2, -0.15) is 0 Å². The smallest absolute Gasteiger partial charge is 0.332 e. The Morgan fingerprint density at radius 1 is 1.06 bits per heavy atom. The van der Waals surface area contributed by atoms with E-state index in [2.05, 4.69) is 0 Å². The van der Waals surface area contributed by atoms with Gasteiger partial charge in [-0.15, -0.1) is 0 Å². The highest BCUT2D eigenvalue weighted by molar-refractivity contribution is 5.99. The van der Waals surface area contributed by atoms with Crippen LogP contribution >= 0.6 is 0 Å². The maximum absolute atomic E-state index is 11.2. The van der Waals surface area contributed by atoms with Crippen LogP contribution in [0.2, 0.25) is 0 Å². The molecule has 0 fully saturated rings. The van der Waals surface area contributed by atoms with Gasteiger partial charge in [0.25, 0.3) is 0 Å². The Morgan fingerprint density at radius 2 is 1.61 bits per heavy atom. The second-order valence-corrected chi connectivity index (χ2v) is 4.32. The Labute approximate surface area is 106 Å². The van der Waals surface area contributed by atoms with Crippen molar-refractivity contribution in [3.05, 3.63) is 47.0 Å². The summed E-state index contributed by atoms with van der Waals surface area (Å²) in [7, 11) is 0. The SMILES string of the molecule is CC(C)/C(C(=O)O)=C(\Cc1ccccc1)C(=O)O. The molecular formula is C14H16O4. The van der Waals surface area contributed by atoms with Crippen LogP contribution < -0.4 is 0 Å². The van der Waals surface area contributed by atoms with Gasteiger partial charge < -0.3 is 10.2 Å². The number of rotatable bonds is 5. The van der Waals surface area contributed by atoms with Crippen molar-refractivity contribution in [1.82, 2.24) is 0 Å². The van der Waals surface area contributed by atoms with Crippen molar-refractivity contribution >= 4 is 11.9 Å². The van der Waals surface area contributed by atoms with Gasteiger partial charge in [-0.1, -0.05) is 44.2 Å². The van der Waals surface area contributed by atoms with E-state index in [-0.39, 0.29) is 23.5 Å². The molecule has 0 spiro atoms. The Balaban J connectivity index is 3.21. The van der Waals surface area contributed by atoms with Gasteiger partial charge in [-0.25, -0.2) is 9.59 Å². The summed E-state index contributed by atoms with van der Waals surface area (Å²) in [5.41, 5.74) is 0.698. The zero-order valence-corrected chi connectivity index (χ0v) is 10.4. The summed E-state index contributed by atoms with van der Waals surface area (Å²) in [6.07, 6.45) is 0.121. The van der Waals surface area contributed by atoms with E-state index in [9.17, 15) is 14.7 Å². The molecule has 0 saturated carbocycles. The maximum Gasteiger partial charge on any atom is 0.332 e. The van der Waals surface area contributed by atoms with Crippen molar-refractivity contribution in [2.24, 2.45) is 5.92 Å². The predicted octanol–water partition coefficient (Wildman–Crippen LogP) is 2.35. The predicted molar refractivity (Wildman–Crippen MR) is 67.3 cm³/mol. The van der Waals surface area contributed by atoms with Crippen LogP contribution in [0.4, 0.5) is 0 Å². The number of carboxylic acid groups (broad SMARTS) is 2. The van der Waals surface area contributed by atoms with Gasteiger partial charge in [0.1, 0.15) is 0 Å². The second kappa shape index (κ2) is 6.00. The largest absolute Gasteiger partial charge is 0.478 e. The molecule has 0 aromatic heterocycles. The second-order valence-electron chi connectivity index (χ2n) is 4.32. The molecule has 1 rings (SSSR count). The van der Waals surface area contributed by atoms with Gasteiger partial charge in [-0.05, 0) is 11.5 Å². The molecule has 0 saturated heterocycles. The first kappa shape index (κ1) is 14.0. The molecule has 0 bridgehead atoms. The number of carboxylic acids is 2. The summed E-state index contributed by atoms with van der Waals surface area (Å²) in [4.78, 5) is 22.4. The Bertz CT molecular complexity index is 472. The first-order valence-electron chi connectivity index (χ1n) is 5.67. The van der Waals surface area contributed by atoms with Crippen molar-refractivity contribution in [1.29, 1.82) is 0 Å². The van der Waals surface area contributed by atoms with E-state index >= 15 is 0 Å². The fourth-order valence-electron chi connectivity index (χ4n) is 1.81. The molecule has 0 amide bonds. The zero-order valence-electron chi connectivity index (χ0n) is 10.4. The van der Waals surface area contributed by atoms with Crippen molar-refractivity contribution < 1.29 is 19.8 Å². The van der Waals surface area contributed by atoms with Crippen LogP contribution in [-0.4, -0.2) is 22.2 Å². The normalized spacial score (nSPS) is 12.2. The van der Waals surface area contributed by atoms with Crippen LogP contribution in [0.15, 0.2) is 41.5 Å². The average Bonchev–Trinajstić information content (AvgIpc) is 2.28. The average molecular weight is 248 g/mol. The fourth-order valence-corrected chi connectivity index (χ4v) is 1.81. The van der Waals surface area contributed by atoms with E-state index in [0.717, 1.165) is 5.56 Å². The molecule has 4 heteroatoms. The molecule has 18 heavy (non-hydrogen) atoms. The summed E-state index contributed by atoms with van der Waals surface area (Å²) in [6.45, 7) is 3.36. The van der Waals surface area contributed by atoms with E-state index in [1.165, 1.54) is 0 Å². The summed E-state index contributed by atoms with van der Waals surface area (Å²) in [5, 5.41) is 18.3. The molecule has 96 valence electrons. The third-order valence-electron chi connectivity index (χ3n) is 2.61. The number of benzene rings is 1. The summed E-state index contributed by atoms with van der Waals surface area (Å²) in [5.74, 6) is -2.68. The number of hydrogen-bond acceptors (Lipinski definition) is 2. The lowest BCUT2D eigenvalue weighted by atomic mass is 9.93. The van der Waals surface area contributed by atoms with Gasteiger partial charge in [0.2, 0.25) is 0 Å². The summed E-state index contributed by atoms with van der Waals surface area (Å²) < 4.78 is 0. The van der Waals surface area contributed by atoms with Gasteiger partial charge in [0.05, 0.1) is 11.1 Å². The molecule has 1 aromatic carbocycles. The van der Waals surface area contributed by atoms with Crippen LogP contribution in [0.3, 0.4) is 0 Å². The van der Waals surface area contributed by atoms with Crippen LogP contribution in [0.1, 0.15) is 19.4 Å². The Kier molecular flexibility index (Phi) is 4.66. The van der Waals surface area contributed by atoms with Crippen molar-refractivity contribution in [3.8, 4) is 0 Å². The minimum atomic E-state index is -1.18. The van der Waals surface area contributed by atoms with Crippen LogP contribution in [0.5, 0.6) is 0 Å². The van der Waals surface area contributed by atoms with Gasteiger partial charge >= 0.3 is 11.9 Å².